The minimum atomic E-state index is -2.59. The molecule has 42 heavy (non-hydrogen) atoms. The summed E-state index contributed by atoms with van der Waals surface area (Å²) in [4.78, 5) is 45.3. The maximum atomic E-state index is 13.1. The number of nitrogen functional groups attached to an aromatic ring is 1. The van der Waals surface area contributed by atoms with Crippen molar-refractivity contribution in [2.24, 2.45) is 0 Å². The fraction of sp³-hybridized carbons (Fsp3) is 0.333. The summed E-state index contributed by atoms with van der Waals surface area (Å²) >= 11 is 0.897. The number of rotatable bonds is 6. The number of nitrogens with zero attached hydrogens (tertiary/aromatic N) is 8. The summed E-state index contributed by atoms with van der Waals surface area (Å²) in [7, 11) is 0. The van der Waals surface area contributed by atoms with Crippen LogP contribution >= 0.6 is 11.3 Å². The van der Waals surface area contributed by atoms with E-state index in [0.717, 1.165) is 30.4 Å². The van der Waals surface area contributed by atoms with Gasteiger partial charge in [-0.05, 0) is 38.7 Å². The molecule has 2 unspecified atom stereocenters. The van der Waals surface area contributed by atoms with Crippen molar-refractivity contribution in [2.75, 3.05) is 5.73 Å². The maximum absolute atomic E-state index is 13.1. The monoisotopic (exact) mass is 590 g/mol. The number of aromatic nitrogens is 8. The maximum Gasteiger partial charge on any atom is 0.291 e. The Labute approximate surface area is 241 Å². The predicted octanol–water partition coefficient (Wildman–Crippen LogP) is 4.31. The van der Waals surface area contributed by atoms with Crippen LogP contribution in [0.2, 0.25) is 0 Å². The fourth-order valence-electron chi connectivity index (χ4n) is 6.24. The number of H-pyrrole nitrogens is 1. The first-order chi connectivity index (χ1) is 20.3. The molecule has 0 aliphatic carbocycles. The molecule has 5 aromatic heterocycles. The number of piperidine rings is 1. The van der Waals surface area contributed by atoms with E-state index in [-0.39, 0.29) is 46.2 Å². The molecule has 3 N–H and O–H groups in total. The highest BCUT2D eigenvalue weighted by molar-refractivity contribution is 7.15. The van der Waals surface area contributed by atoms with Crippen LogP contribution < -0.4 is 5.73 Å². The minimum Gasteiger partial charge on any atom is -0.383 e. The first kappa shape index (κ1) is 26.3. The van der Waals surface area contributed by atoms with Crippen LogP contribution in [-0.4, -0.2) is 68.4 Å². The quantitative estimate of drug-likeness (QED) is 0.275. The minimum absolute atomic E-state index is 0.0250. The summed E-state index contributed by atoms with van der Waals surface area (Å²) in [5.74, 6) is -0.0614. The zero-order chi connectivity index (χ0) is 29.1. The average Bonchev–Trinajstić information content (AvgIpc) is 3.79. The molecule has 0 spiro atoms. The molecular weight excluding hydrogens is 566 g/mol. The van der Waals surface area contributed by atoms with Crippen molar-refractivity contribution >= 4 is 34.5 Å². The highest BCUT2D eigenvalue weighted by Gasteiger charge is 2.45. The molecule has 0 saturated carbocycles. The number of ketones is 1. The second kappa shape index (κ2) is 10.0. The zero-order valence-corrected chi connectivity index (χ0v) is 23.1. The van der Waals surface area contributed by atoms with Crippen LogP contribution in [0.4, 0.5) is 14.6 Å². The third kappa shape index (κ3) is 4.22. The molecule has 7 rings (SSSR count). The number of nitrogens with one attached hydrogen (secondary N) is 1. The Bertz CT molecular complexity index is 1800. The molecule has 12 nitrogen and oxygen atoms in total. The van der Waals surface area contributed by atoms with Gasteiger partial charge in [-0.25, -0.2) is 23.7 Å². The average molecular weight is 591 g/mol. The topological polar surface area (TPSA) is 161 Å². The van der Waals surface area contributed by atoms with Crippen molar-refractivity contribution in [3.63, 3.8) is 0 Å². The van der Waals surface area contributed by atoms with Gasteiger partial charge in [0, 0.05) is 41.5 Å². The van der Waals surface area contributed by atoms with Crippen molar-refractivity contribution in [1.82, 2.24) is 44.6 Å². The van der Waals surface area contributed by atoms with Crippen LogP contribution in [-0.2, 0) is 0 Å². The van der Waals surface area contributed by atoms with Gasteiger partial charge in [0.1, 0.15) is 17.2 Å². The van der Waals surface area contributed by atoms with Gasteiger partial charge in [0.15, 0.2) is 11.4 Å². The van der Waals surface area contributed by atoms with E-state index in [1.54, 1.807) is 24.5 Å². The normalized spacial score (nSPS) is 20.1. The molecule has 2 bridgehead atoms. The Hall–Kier alpha value is -4.66. The lowest BCUT2D eigenvalue weighted by molar-refractivity contribution is 0.0556. The van der Waals surface area contributed by atoms with Crippen LogP contribution in [0.3, 0.4) is 0 Å². The molecule has 0 radical (unpaired) electrons. The smallest absolute Gasteiger partial charge is 0.291 e. The van der Waals surface area contributed by atoms with Crippen molar-refractivity contribution in [1.29, 1.82) is 0 Å². The van der Waals surface area contributed by atoms with Gasteiger partial charge in [0.05, 0.1) is 28.0 Å². The van der Waals surface area contributed by atoms with Gasteiger partial charge >= 0.3 is 0 Å². The Morgan fingerprint density at radius 1 is 1.10 bits per heavy atom. The Morgan fingerprint density at radius 3 is 2.50 bits per heavy atom. The number of hydrogen-bond donors (Lipinski definition) is 2. The standard InChI is InChI=1S/C27H24F2N10O2S/c1-12(40)20-21(14-6-15-3-4-16(7-14)38(15)27(41)24-33-11-34-37-24)36-25-17(9-35-39(25)23(20)30)13-2-5-18(31-8-13)26-32-10-19(42-26)22(28)29/h2,5,8-11,14-16,22H,3-4,6-7,30H2,1H3,(H,33,34,37)/t14?,15-,16?/m0/s1. The number of nitrogens with two attached hydrogens (primary N) is 1. The molecule has 2 aliphatic rings. The number of anilines is 1. The fourth-order valence-corrected chi connectivity index (χ4v) is 6.99. The number of fused-ring (bicyclic) bond motifs is 3. The van der Waals surface area contributed by atoms with Crippen LogP contribution in [0, 0.1) is 0 Å². The van der Waals surface area contributed by atoms with Crippen molar-refractivity contribution in [2.45, 2.75) is 57.0 Å². The summed E-state index contributed by atoms with van der Waals surface area (Å²) < 4.78 is 27.5. The first-order valence-corrected chi connectivity index (χ1v) is 14.2. The van der Waals surface area contributed by atoms with E-state index < -0.39 is 6.43 Å². The van der Waals surface area contributed by atoms with Crippen molar-refractivity contribution < 1.29 is 18.4 Å². The lowest BCUT2D eigenvalue weighted by atomic mass is 9.85. The summed E-state index contributed by atoms with van der Waals surface area (Å²) in [5, 5.41) is 11.3. The molecule has 1 amide bonds. The molecule has 15 heteroatoms. The van der Waals surface area contributed by atoms with Gasteiger partial charge < -0.3 is 10.6 Å². The van der Waals surface area contributed by atoms with E-state index in [1.807, 2.05) is 4.90 Å². The van der Waals surface area contributed by atoms with Gasteiger partial charge in [0.2, 0.25) is 5.82 Å². The van der Waals surface area contributed by atoms with Crippen LogP contribution in [0.15, 0.2) is 37.1 Å². The van der Waals surface area contributed by atoms with E-state index >= 15 is 0 Å². The van der Waals surface area contributed by atoms with Crippen LogP contribution in [0.1, 0.15) is 76.5 Å². The van der Waals surface area contributed by atoms with Gasteiger partial charge in [-0.15, -0.1) is 11.3 Å². The van der Waals surface area contributed by atoms with Crippen molar-refractivity contribution in [3.05, 3.63) is 59.0 Å². The molecular formula is C27H24F2N10O2S. The summed E-state index contributed by atoms with van der Waals surface area (Å²) in [6.45, 7) is 1.46. The molecule has 7 heterocycles. The Balaban J connectivity index is 1.24. The number of Topliss-reactive ketones (excluding diaryl/α,β-unsaturated/α-hetero) is 1. The summed E-state index contributed by atoms with van der Waals surface area (Å²) in [6, 6.07) is 3.46. The van der Waals surface area contributed by atoms with E-state index in [0.29, 0.717) is 51.6 Å². The SMILES string of the molecule is CC(=O)c1c(C2CC3CC[C@@H](C2)N3C(=O)c2ncn[nH]2)nc2c(-c3ccc(-c4ncc(C(F)F)s4)nc3)cnn2c1N. The second-order valence-electron chi connectivity index (χ2n) is 10.5. The molecule has 3 atom stereocenters. The molecule has 2 aliphatic heterocycles. The van der Waals surface area contributed by atoms with Crippen molar-refractivity contribution in [3.8, 4) is 21.8 Å². The molecule has 214 valence electrons. The molecule has 5 aromatic rings. The van der Waals surface area contributed by atoms with Gasteiger partial charge in [-0.1, -0.05) is 6.07 Å². The number of carbonyl (C=O) groups excluding carboxylic acids is 2. The lowest BCUT2D eigenvalue weighted by Crippen LogP contribution is -2.46. The molecule has 2 fully saturated rings. The van der Waals surface area contributed by atoms with Crippen LogP contribution in [0.25, 0.3) is 27.5 Å². The zero-order valence-electron chi connectivity index (χ0n) is 22.2. The number of alkyl halides is 2. The largest absolute Gasteiger partial charge is 0.383 e. The van der Waals surface area contributed by atoms with E-state index in [4.69, 9.17) is 10.7 Å². The highest BCUT2D eigenvalue weighted by Crippen LogP contribution is 2.45. The Kier molecular flexibility index (Phi) is 6.26. The third-order valence-electron chi connectivity index (χ3n) is 8.07. The van der Waals surface area contributed by atoms with E-state index in [9.17, 15) is 18.4 Å². The highest BCUT2D eigenvalue weighted by atomic mass is 32.1. The van der Waals surface area contributed by atoms with Gasteiger partial charge in [0.25, 0.3) is 12.3 Å². The van der Waals surface area contributed by atoms with Gasteiger partial charge in [-0.3, -0.25) is 19.7 Å². The number of amides is 1. The lowest BCUT2D eigenvalue weighted by Gasteiger charge is -2.38. The van der Waals surface area contributed by atoms with Gasteiger partial charge in [-0.2, -0.15) is 14.7 Å². The number of thiazole rings is 1. The summed E-state index contributed by atoms with van der Waals surface area (Å²) in [5.41, 5.74) is 9.78. The Morgan fingerprint density at radius 2 is 1.88 bits per heavy atom. The molecule has 2 saturated heterocycles. The van der Waals surface area contributed by atoms with Crippen LogP contribution in [0.5, 0.6) is 0 Å². The number of carbonyl (C=O) groups is 2. The van der Waals surface area contributed by atoms with E-state index in [2.05, 4.69) is 30.2 Å². The number of hydrogen-bond acceptors (Lipinski definition) is 10. The number of aromatic amines is 1. The second-order valence-corrected chi connectivity index (χ2v) is 11.6. The first-order valence-electron chi connectivity index (χ1n) is 13.4. The summed E-state index contributed by atoms with van der Waals surface area (Å²) in [6.07, 6.45) is 6.08. The third-order valence-corrected chi connectivity index (χ3v) is 9.09. The van der Waals surface area contributed by atoms with E-state index in [1.165, 1.54) is 17.8 Å². The predicted molar refractivity (Wildman–Crippen MR) is 148 cm³/mol. The number of halogens is 2. The molecule has 0 aromatic carbocycles. The number of pyridine rings is 1.